The summed E-state index contributed by atoms with van der Waals surface area (Å²) in [5.41, 5.74) is 13.0. The zero-order valence-electron chi connectivity index (χ0n) is 23.3. The third-order valence-electron chi connectivity index (χ3n) is 8.14. The normalized spacial score (nSPS) is 12.2. The van der Waals surface area contributed by atoms with Crippen molar-refractivity contribution in [3.05, 3.63) is 126 Å². The van der Waals surface area contributed by atoms with Crippen molar-refractivity contribution in [3.8, 4) is 22.3 Å². The van der Waals surface area contributed by atoms with Crippen LogP contribution in [0.25, 0.3) is 43.8 Å². The molecule has 0 aliphatic heterocycles. The van der Waals surface area contributed by atoms with Crippen LogP contribution in [0.1, 0.15) is 37.5 Å². The van der Waals surface area contributed by atoms with Gasteiger partial charge in [0.2, 0.25) is 0 Å². The van der Waals surface area contributed by atoms with Crippen LogP contribution in [0.2, 0.25) is 0 Å². The number of nitrogens with zero attached hydrogens (tertiary/aromatic N) is 1. The molecule has 6 aromatic carbocycles. The number of hydrogen-bond acceptors (Lipinski definition) is 1. The van der Waals surface area contributed by atoms with Gasteiger partial charge in [-0.3, -0.25) is 0 Å². The monoisotopic (exact) mass is 503 g/mol. The summed E-state index contributed by atoms with van der Waals surface area (Å²) in [6.45, 7) is 11.2. The van der Waals surface area contributed by atoms with E-state index in [4.69, 9.17) is 0 Å². The van der Waals surface area contributed by atoms with E-state index in [9.17, 15) is 0 Å². The van der Waals surface area contributed by atoms with Gasteiger partial charge in [-0.2, -0.15) is 0 Å². The van der Waals surface area contributed by atoms with Gasteiger partial charge in [0.25, 0.3) is 0 Å². The molecule has 6 aromatic rings. The molecule has 0 amide bonds. The number of benzene rings is 6. The van der Waals surface area contributed by atoms with Crippen LogP contribution in [0.3, 0.4) is 0 Å². The van der Waals surface area contributed by atoms with Crippen molar-refractivity contribution in [1.29, 1.82) is 0 Å². The van der Waals surface area contributed by atoms with Gasteiger partial charge >= 0.3 is 0 Å². The SMILES string of the molecule is Cc1cc(C)cc(N(c2ccc(C(C)(C)C)cc2)c2ccc3cc4c(cc3c2)-c2cc3ccccc3cc2-4)c1. The molecule has 0 spiro atoms. The largest absolute Gasteiger partial charge is 0.310 e. The molecule has 1 aliphatic rings. The summed E-state index contributed by atoms with van der Waals surface area (Å²) in [4.78, 5) is 2.40. The Hall–Kier alpha value is -4.36. The molecule has 0 heterocycles. The van der Waals surface area contributed by atoms with Crippen LogP contribution < -0.4 is 4.90 Å². The van der Waals surface area contributed by atoms with Crippen LogP contribution in [0, 0.1) is 13.8 Å². The third-order valence-corrected chi connectivity index (χ3v) is 8.14. The van der Waals surface area contributed by atoms with Gasteiger partial charge in [-0.05, 0) is 140 Å². The lowest BCUT2D eigenvalue weighted by atomic mass is 9.78. The first-order chi connectivity index (χ1) is 18.7. The maximum atomic E-state index is 2.40. The number of fused-ring (bicyclic) bond motifs is 6. The van der Waals surface area contributed by atoms with Crippen LogP contribution >= 0.6 is 0 Å². The van der Waals surface area contributed by atoms with Gasteiger partial charge in [0.1, 0.15) is 0 Å². The van der Waals surface area contributed by atoms with E-state index < -0.39 is 0 Å². The zero-order chi connectivity index (χ0) is 26.9. The van der Waals surface area contributed by atoms with Crippen molar-refractivity contribution in [2.75, 3.05) is 4.90 Å². The van der Waals surface area contributed by atoms with Crippen LogP contribution in [-0.4, -0.2) is 0 Å². The van der Waals surface area contributed by atoms with E-state index in [1.807, 2.05) is 0 Å². The molecule has 0 N–H and O–H groups in total. The Morgan fingerprint density at radius 3 is 1.46 bits per heavy atom. The van der Waals surface area contributed by atoms with Crippen molar-refractivity contribution in [3.63, 3.8) is 0 Å². The summed E-state index contributed by atoms with van der Waals surface area (Å²) in [6.07, 6.45) is 0. The molecule has 0 radical (unpaired) electrons. The Kier molecular flexibility index (Phi) is 5.22. The second kappa shape index (κ2) is 8.58. The van der Waals surface area contributed by atoms with Gasteiger partial charge in [0.05, 0.1) is 0 Å². The Bertz CT molecular complexity index is 1880. The minimum atomic E-state index is 0.121. The fraction of sp³-hybridized carbons (Fsp3) is 0.158. The minimum absolute atomic E-state index is 0.121. The van der Waals surface area contributed by atoms with Gasteiger partial charge in [0.15, 0.2) is 0 Å². The van der Waals surface area contributed by atoms with Crippen molar-refractivity contribution >= 4 is 38.6 Å². The average Bonchev–Trinajstić information content (AvgIpc) is 2.90. The molecule has 0 atom stereocenters. The van der Waals surface area contributed by atoms with Crippen molar-refractivity contribution in [2.24, 2.45) is 0 Å². The Morgan fingerprint density at radius 1 is 0.436 bits per heavy atom. The summed E-state index contributed by atoms with van der Waals surface area (Å²) < 4.78 is 0. The predicted molar refractivity (Wildman–Crippen MR) is 169 cm³/mol. The molecule has 0 saturated carbocycles. The third kappa shape index (κ3) is 4.01. The molecule has 0 unspecified atom stereocenters. The molecule has 1 heteroatoms. The maximum absolute atomic E-state index is 2.40. The molecule has 39 heavy (non-hydrogen) atoms. The summed E-state index contributed by atoms with van der Waals surface area (Å²) in [7, 11) is 0. The molecule has 1 nitrogen and oxygen atoms in total. The van der Waals surface area contributed by atoms with Crippen molar-refractivity contribution in [2.45, 2.75) is 40.0 Å². The van der Waals surface area contributed by atoms with Crippen LogP contribution in [0.15, 0.2) is 109 Å². The van der Waals surface area contributed by atoms with Crippen LogP contribution in [-0.2, 0) is 5.41 Å². The molecule has 0 fully saturated rings. The summed E-state index contributed by atoms with van der Waals surface area (Å²) >= 11 is 0. The standard InChI is InChI=1S/C38H33N/c1-24-16-25(2)18-33(17-24)39(31-14-11-30(12-15-31)38(3,4)5)32-13-10-28-22-36-34-20-26-8-6-7-9-27(26)21-35(34)37(36)23-29(28)19-32/h6-23H,1-5H3. The summed E-state index contributed by atoms with van der Waals surface area (Å²) in [6, 6.07) is 40.9. The molecule has 7 rings (SSSR count). The Balaban J connectivity index is 1.36. The lowest BCUT2D eigenvalue weighted by Crippen LogP contribution is -2.13. The molecule has 0 bridgehead atoms. The first-order valence-electron chi connectivity index (χ1n) is 13.8. The Labute approximate surface area is 231 Å². The molecule has 0 aromatic heterocycles. The fourth-order valence-corrected chi connectivity index (χ4v) is 6.13. The van der Waals surface area contributed by atoms with Gasteiger partial charge in [0, 0.05) is 17.1 Å². The zero-order valence-corrected chi connectivity index (χ0v) is 23.3. The predicted octanol–water partition coefficient (Wildman–Crippen LogP) is 11.0. The van der Waals surface area contributed by atoms with E-state index in [1.54, 1.807) is 0 Å². The van der Waals surface area contributed by atoms with Crippen molar-refractivity contribution < 1.29 is 0 Å². The van der Waals surface area contributed by atoms with Gasteiger partial charge < -0.3 is 4.90 Å². The quantitative estimate of drug-likeness (QED) is 0.232. The lowest BCUT2D eigenvalue weighted by Gasteiger charge is -2.29. The van der Waals surface area contributed by atoms with E-state index in [1.165, 1.54) is 77.6 Å². The number of anilines is 3. The number of rotatable bonds is 3. The topological polar surface area (TPSA) is 3.24 Å². The first-order valence-corrected chi connectivity index (χ1v) is 13.8. The van der Waals surface area contributed by atoms with Crippen LogP contribution in [0.4, 0.5) is 17.1 Å². The highest BCUT2D eigenvalue weighted by molar-refractivity contribution is 6.12. The van der Waals surface area contributed by atoms with Crippen LogP contribution in [0.5, 0.6) is 0 Å². The smallest absolute Gasteiger partial charge is 0.0468 e. The Morgan fingerprint density at radius 2 is 0.923 bits per heavy atom. The van der Waals surface area contributed by atoms with E-state index in [-0.39, 0.29) is 5.41 Å². The van der Waals surface area contributed by atoms with E-state index in [2.05, 4.69) is 149 Å². The average molecular weight is 504 g/mol. The minimum Gasteiger partial charge on any atom is -0.310 e. The first kappa shape index (κ1) is 23.7. The van der Waals surface area contributed by atoms with E-state index in [0.717, 1.165) is 0 Å². The molecule has 190 valence electrons. The molecule has 1 aliphatic carbocycles. The lowest BCUT2D eigenvalue weighted by molar-refractivity contribution is 0.590. The molecular weight excluding hydrogens is 470 g/mol. The highest BCUT2D eigenvalue weighted by Gasteiger charge is 2.24. The second-order valence-electron chi connectivity index (χ2n) is 12.2. The number of hydrogen-bond donors (Lipinski definition) is 0. The maximum Gasteiger partial charge on any atom is 0.0468 e. The molecule has 0 saturated heterocycles. The van der Waals surface area contributed by atoms with Gasteiger partial charge in [-0.25, -0.2) is 0 Å². The summed E-state index contributed by atoms with van der Waals surface area (Å²) in [5, 5.41) is 5.15. The van der Waals surface area contributed by atoms with Gasteiger partial charge in [-0.1, -0.05) is 69.3 Å². The van der Waals surface area contributed by atoms with E-state index in [0.29, 0.717) is 0 Å². The highest BCUT2D eigenvalue weighted by atomic mass is 15.1. The van der Waals surface area contributed by atoms with Crippen molar-refractivity contribution in [1.82, 2.24) is 0 Å². The second-order valence-corrected chi connectivity index (χ2v) is 12.2. The van der Waals surface area contributed by atoms with E-state index >= 15 is 0 Å². The fourth-order valence-electron chi connectivity index (χ4n) is 6.13. The van der Waals surface area contributed by atoms with Gasteiger partial charge in [-0.15, -0.1) is 0 Å². The summed E-state index contributed by atoms with van der Waals surface area (Å²) in [5.74, 6) is 0. The molecular formula is C38H33N. The number of aryl methyl sites for hydroxylation is 2. The highest BCUT2D eigenvalue weighted by Crippen LogP contribution is 2.50.